The van der Waals surface area contributed by atoms with Gasteiger partial charge in [-0.05, 0) is 69.3 Å². The van der Waals surface area contributed by atoms with Crippen LogP contribution < -0.4 is 4.90 Å². The summed E-state index contributed by atoms with van der Waals surface area (Å²) < 4.78 is 264. The van der Waals surface area contributed by atoms with Crippen molar-refractivity contribution in [2.45, 2.75) is 0 Å². The smallest absolute Gasteiger partial charge is 0.143 e. The third kappa shape index (κ3) is 4.35. The molecule has 9 rings (SSSR count). The predicted molar refractivity (Wildman–Crippen MR) is 194 cm³/mol. The molecule has 0 radical (unpaired) electrons. The van der Waals surface area contributed by atoms with Crippen LogP contribution in [0.15, 0.2) is 180 Å². The minimum absolute atomic E-state index is 0.481. The Hall–Kier alpha value is -6.12. The van der Waals surface area contributed by atoms with E-state index in [1.165, 1.54) is 0 Å². The Bertz CT molecular complexity index is 4090. The number of benzene rings is 8. The van der Waals surface area contributed by atoms with Crippen LogP contribution in [0.2, 0.25) is 0 Å². The first-order chi connectivity index (χ1) is 34.9. The Balaban J connectivity index is 1.52. The molecule has 1 heterocycles. The highest BCUT2D eigenvalue weighted by Crippen LogP contribution is 2.46. The lowest BCUT2D eigenvalue weighted by atomic mass is 9.99. The van der Waals surface area contributed by atoms with E-state index in [-0.39, 0.29) is 0 Å². The van der Waals surface area contributed by atoms with E-state index in [0.717, 1.165) is 0 Å². The first-order valence-electron chi connectivity index (χ1n) is 27.8. The molecule has 0 unspecified atom stereocenters. The molecular weight excluding hydrogens is 558 g/mol. The van der Waals surface area contributed by atoms with Crippen molar-refractivity contribution >= 4 is 60.5 Å². The van der Waals surface area contributed by atoms with Crippen LogP contribution >= 0.6 is 0 Å². The molecule has 1 aromatic heterocycles. The minimum atomic E-state index is -1.26. The number of rotatable bonds is 5. The molecule has 2 nitrogen and oxygen atoms in total. The van der Waals surface area contributed by atoms with Crippen molar-refractivity contribution in [2.24, 2.45) is 0 Å². The molecule has 0 aliphatic rings. The number of hydrogen-bond acceptors (Lipinski definition) is 2. The molecule has 0 aliphatic carbocycles. The van der Waals surface area contributed by atoms with Gasteiger partial charge in [0, 0.05) is 21.8 Å². The third-order valence-corrected chi connectivity index (χ3v) is 6.93. The normalized spacial score (nSPS) is 20.3. The largest absolute Gasteiger partial charge is 0.455 e. The molecule has 9 aromatic rings. The van der Waals surface area contributed by atoms with E-state index in [1.807, 2.05) is 0 Å². The molecule has 0 bridgehead atoms. The molecule has 0 N–H and O–H groups in total. The number of anilines is 3. The summed E-state index contributed by atoms with van der Waals surface area (Å²) in [6.45, 7) is 0. The van der Waals surface area contributed by atoms with Gasteiger partial charge in [0.1, 0.15) is 11.2 Å². The van der Waals surface area contributed by atoms with Crippen LogP contribution in [0, 0.1) is 0 Å². The number of furan rings is 1. The van der Waals surface area contributed by atoms with Crippen LogP contribution in [0.3, 0.4) is 0 Å². The molecule has 0 atom stereocenters. The van der Waals surface area contributed by atoms with Crippen molar-refractivity contribution in [1.29, 1.82) is 0 Å². The van der Waals surface area contributed by atoms with Crippen molar-refractivity contribution in [1.82, 2.24) is 0 Å². The van der Waals surface area contributed by atoms with Gasteiger partial charge in [0.05, 0.1) is 56.5 Å². The second kappa shape index (κ2) is 10.8. The van der Waals surface area contributed by atoms with Gasteiger partial charge in [-0.3, -0.25) is 0 Å². The lowest BCUT2D eigenvalue weighted by Crippen LogP contribution is -2.10. The van der Waals surface area contributed by atoms with Gasteiger partial charge >= 0.3 is 0 Å². The van der Waals surface area contributed by atoms with Gasteiger partial charge in [0.25, 0.3) is 0 Å². The summed E-state index contributed by atoms with van der Waals surface area (Å²) in [6, 6.07) is -28.8. The Morgan fingerprint density at radius 3 is 1.67 bits per heavy atom. The molecule has 0 saturated heterocycles. The van der Waals surface area contributed by atoms with Gasteiger partial charge in [-0.2, -0.15) is 0 Å². The van der Waals surface area contributed by atoms with Crippen LogP contribution in [-0.2, 0) is 0 Å². The van der Waals surface area contributed by atoms with E-state index in [0.29, 0.717) is 4.90 Å². The maximum absolute atomic E-state index is 9.65. The summed E-state index contributed by atoms with van der Waals surface area (Å²) in [5.74, 6) is 0. The summed E-state index contributed by atoms with van der Waals surface area (Å²) in [5, 5.41) is -3.94. The number of fused-ring (bicyclic) bond motifs is 6. The number of nitrogens with zero attached hydrogens (tertiary/aromatic N) is 1. The van der Waals surface area contributed by atoms with Crippen LogP contribution in [0.1, 0.15) is 39.8 Å². The Kier molecular flexibility index (Phi) is 2.39. The van der Waals surface area contributed by atoms with Gasteiger partial charge in [-0.1, -0.05) is 139 Å². The summed E-state index contributed by atoms with van der Waals surface area (Å²) in [5.41, 5.74) is -7.84. The van der Waals surface area contributed by atoms with Gasteiger partial charge in [-0.25, -0.2) is 0 Å². The quantitative estimate of drug-likeness (QED) is 0.191. The van der Waals surface area contributed by atoms with Crippen LogP contribution in [0.5, 0.6) is 0 Å². The first-order valence-corrected chi connectivity index (χ1v) is 13.3. The Morgan fingerprint density at radius 1 is 0.391 bits per heavy atom. The molecular formula is C44H29NO. The molecule has 0 saturated carbocycles. The van der Waals surface area contributed by atoms with Crippen molar-refractivity contribution in [3.63, 3.8) is 0 Å². The van der Waals surface area contributed by atoms with Crippen molar-refractivity contribution in [2.75, 3.05) is 4.90 Å². The summed E-state index contributed by atoms with van der Waals surface area (Å²) >= 11 is 0. The SMILES string of the molecule is [2H]c1c([2H])c([2H])c(-c2c([2H])c([2H])c(-c3c([2H])c([2H])c(N(c4c([2H])c([2H])c([2H])c5c([2H])c([2H])c([2H])c([2H])c45)c4c([2H])c([2H])c([2H])c5oc6c7c([2H])c([2H])c([2H])c([2H])c7c([2H])c([2H])c6c45)c([2H])c3[2H])c([2H])c2[2H])c([2H])c1[2H]. The third-order valence-electron chi connectivity index (χ3n) is 6.93. The zero-order valence-corrected chi connectivity index (χ0v) is 22.9. The van der Waals surface area contributed by atoms with Crippen LogP contribution in [0.25, 0.3) is 65.7 Å². The molecule has 2 heteroatoms. The fourth-order valence-corrected chi connectivity index (χ4v) is 4.90. The second-order valence-electron chi connectivity index (χ2n) is 9.52. The minimum Gasteiger partial charge on any atom is -0.455 e. The summed E-state index contributed by atoms with van der Waals surface area (Å²) in [4.78, 5) is 0.481. The van der Waals surface area contributed by atoms with Crippen LogP contribution in [-0.4, -0.2) is 0 Å². The molecule has 8 aromatic carbocycles. The molecule has 0 spiro atoms. The maximum Gasteiger partial charge on any atom is 0.143 e. The maximum atomic E-state index is 9.65. The Labute approximate surface area is 308 Å². The standard InChI is InChI=1S/C44H29NO/c1-2-10-30(11-3-1)31-20-22-32(23-21-31)33-24-27-36(28-25-33)45(40-17-8-14-34-12-4-6-15-37(34)40)41-18-9-19-42-43(41)39-29-26-35-13-5-7-16-38(35)44(39)46-42/h1-29H/i1D,2D,3D,4D,5D,6D,7D,8D,9D,10D,11D,12D,13D,14D,15D,16D,17D,18D,19D,20D,21D,22D,23D,24D,25D,26D,27D,28D,29D. The van der Waals surface area contributed by atoms with Crippen molar-refractivity contribution in [3.05, 3.63) is 175 Å². The summed E-state index contributed by atoms with van der Waals surface area (Å²) in [6.07, 6.45) is 0. The average Bonchev–Trinajstić information content (AvgIpc) is 3.77. The van der Waals surface area contributed by atoms with Gasteiger partial charge in [-0.15, -0.1) is 0 Å². The first kappa shape index (κ1) is 10.2. The molecule has 0 amide bonds. The summed E-state index contributed by atoms with van der Waals surface area (Å²) in [7, 11) is 0. The Morgan fingerprint density at radius 2 is 0.935 bits per heavy atom. The fraction of sp³-hybridized carbons (Fsp3) is 0. The monoisotopic (exact) mass is 616 g/mol. The topological polar surface area (TPSA) is 16.4 Å². The van der Waals surface area contributed by atoms with E-state index >= 15 is 0 Å². The average molecular weight is 617 g/mol. The van der Waals surface area contributed by atoms with E-state index in [2.05, 4.69) is 0 Å². The zero-order chi connectivity index (χ0) is 55.7. The molecule has 216 valence electrons. The van der Waals surface area contributed by atoms with E-state index in [4.69, 9.17) is 34.6 Å². The van der Waals surface area contributed by atoms with Crippen molar-refractivity contribution in [3.8, 4) is 22.3 Å². The fourth-order valence-electron chi connectivity index (χ4n) is 4.90. The van der Waals surface area contributed by atoms with Gasteiger partial charge < -0.3 is 9.32 Å². The van der Waals surface area contributed by atoms with Crippen molar-refractivity contribution < 1.29 is 44.2 Å². The highest BCUT2D eigenvalue weighted by Gasteiger charge is 2.21. The zero-order valence-electron chi connectivity index (χ0n) is 51.9. The highest BCUT2D eigenvalue weighted by atomic mass is 16.3. The molecule has 0 fully saturated rings. The predicted octanol–water partition coefficient (Wildman–Crippen LogP) is 12.7. The highest BCUT2D eigenvalue weighted by molar-refractivity contribution is 6.20. The lowest BCUT2D eigenvalue weighted by molar-refractivity contribution is 0.672. The number of hydrogen-bond donors (Lipinski definition) is 0. The van der Waals surface area contributed by atoms with Gasteiger partial charge in [0.2, 0.25) is 0 Å². The lowest BCUT2D eigenvalue weighted by Gasteiger charge is -2.27. The van der Waals surface area contributed by atoms with E-state index < -0.39 is 258 Å². The van der Waals surface area contributed by atoms with E-state index in [1.54, 1.807) is 0 Å². The van der Waals surface area contributed by atoms with Crippen LogP contribution in [0.4, 0.5) is 17.1 Å². The molecule has 46 heavy (non-hydrogen) atoms. The molecule has 0 aliphatic heterocycles. The second-order valence-corrected chi connectivity index (χ2v) is 9.52. The van der Waals surface area contributed by atoms with E-state index in [9.17, 15) is 9.60 Å². The van der Waals surface area contributed by atoms with Gasteiger partial charge in [0.15, 0.2) is 0 Å².